The van der Waals surface area contributed by atoms with Crippen molar-refractivity contribution >= 4 is 44.9 Å². The number of pyridine rings is 1. The second-order valence-corrected chi connectivity index (χ2v) is 13.7. The van der Waals surface area contributed by atoms with E-state index in [4.69, 9.17) is 25.8 Å². The number of aryl methyl sites for hydroxylation is 1. The molecule has 1 aromatic carbocycles. The first-order chi connectivity index (χ1) is 19.7. The highest BCUT2D eigenvalue weighted by Crippen LogP contribution is 2.46. The van der Waals surface area contributed by atoms with Crippen molar-refractivity contribution in [3.63, 3.8) is 0 Å². The monoisotopic (exact) mass is 601 g/mol. The number of amides is 1. The predicted octanol–water partition coefficient (Wildman–Crippen LogP) is 7.56. The second-order valence-electron chi connectivity index (χ2n) is 12.1. The van der Waals surface area contributed by atoms with E-state index < -0.39 is 5.60 Å². The molecule has 220 valence electrons. The predicted molar refractivity (Wildman–Crippen MR) is 160 cm³/mol. The molecule has 0 saturated carbocycles. The van der Waals surface area contributed by atoms with Gasteiger partial charge in [-0.25, -0.2) is 9.18 Å². The molecule has 41 heavy (non-hydrogen) atoms. The van der Waals surface area contributed by atoms with Crippen molar-refractivity contribution in [2.24, 2.45) is 0 Å². The number of hydrogen-bond donors (Lipinski definition) is 0. The summed E-state index contributed by atoms with van der Waals surface area (Å²) >= 11 is 8.16. The number of anilines is 1. The fraction of sp³-hybridized carbons (Fsp3) is 0.548. The molecule has 0 bridgehead atoms. The molecular weight excluding hydrogens is 565 g/mol. The van der Waals surface area contributed by atoms with Crippen LogP contribution in [0.4, 0.5) is 14.9 Å². The van der Waals surface area contributed by atoms with Crippen LogP contribution < -0.4 is 4.90 Å². The molecule has 2 atom stereocenters. The van der Waals surface area contributed by atoms with E-state index in [-0.39, 0.29) is 24.2 Å². The Morgan fingerprint density at radius 2 is 2.05 bits per heavy atom. The highest BCUT2D eigenvalue weighted by atomic mass is 35.5. The van der Waals surface area contributed by atoms with Crippen LogP contribution in [0.3, 0.4) is 0 Å². The molecule has 0 unspecified atom stereocenters. The molecular formula is C31H37ClFN3O4S. The Kier molecular flexibility index (Phi) is 8.15. The molecule has 6 rings (SSSR count). The highest BCUT2D eigenvalue weighted by Gasteiger charge is 2.36. The van der Waals surface area contributed by atoms with Crippen molar-refractivity contribution in [3.05, 3.63) is 45.7 Å². The van der Waals surface area contributed by atoms with Gasteiger partial charge in [-0.2, -0.15) is 0 Å². The van der Waals surface area contributed by atoms with Gasteiger partial charge in [0.1, 0.15) is 5.60 Å². The van der Waals surface area contributed by atoms with E-state index in [0.717, 1.165) is 83.6 Å². The zero-order chi connectivity index (χ0) is 28.7. The molecule has 3 aliphatic heterocycles. The average molecular weight is 602 g/mol. The van der Waals surface area contributed by atoms with E-state index in [1.54, 1.807) is 4.90 Å². The summed E-state index contributed by atoms with van der Waals surface area (Å²) in [6, 6.07) is 5.96. The van der Waals surface area contributed by atoms with Gasteiger partial charge in [-0.1, -0.05) is 11.6 Å². The van der Waals surface area contributed by atoms with Gasteiger partial charge in [0.15, 0.2) is 12.1 Å². The lowest BCUT2D eigenvalue weighted by Gasteiger charge is -2.38. The zero-order valence-corrected chi connectivity index (χ0v) is 25.5. The van der Waals surface area contributed by atoms with Crippen molar-refractivity contribution in [2.75, 3.05) is 31.1 Å². The Morgan fingerprint density at radius 3 is 2.83 bits per heavy atom. The third-order valence-electron chi connectivity index (χ3n) is 7.91. The molecule has 0 radical (unpaired) electrons. The molecule has 10 heteroatoms. The summed E-state index contributed by atoms with van der Waals surface area (Å²) in [5.74, 6) is -0.376. The molecule has 3 aliphatic rings. The van der Waals surface area contributed by atoms with Crippen LogP contribution >= 0.6 is 22.9 Å². The summed E-state index contributed by atoms with van der Waals surface area (Å²) in [4.78, 5) is 22.3. The lowest BCUT2D eigenvalue weighted by atomic mass is 9.92. The standard InChI is InChI=1S/C31H37ClFN3O4S/c1-31(2,3)40-30(37)35-11-9-21(17-35)36-10-6-7-19-13-20(32)14-23(28(19)36)27-24(33)16-34-25-15-22(41-29(25)27)18-39-26-8-4-5-12-38-26/h13-16,21,26H,4-12,17-18H2,1-3H3/t21-,26-/m0/s1. The van der Waals surface area contributed by atoms with Gasteiger partial charge in [0.25, 0.3) is 0 Å². The lowest BCUT2D eigenvalue weighted by molar-refractivity contribution is -0.168. The summed E-state index contributed by atoms with van der Waals surface area (Å²) in [6.45, 7) is 8.78. The molecule has 0 N–H and O–H groups in total. The van der Waals surface area contributed by atoms with Crippen molar-refractivity contribution < 1.29 is 23.4 Å². The van der Waals surface area contributed by atoms with Crippen LogP contribution in [0.15, 0.2) is 24.4 Å². The van der Waals surface area contributed by atoms with Crippen LogP contribution in [0.2, 0.25) is 5.02 Å². The smallest absolute Gasteiger partial charge is 0.410 e. The van der Waals surface area contributed by atoms with Crippen LogP contribution in [0, 0.1) is 5.82 Å². The van der Waals surface area contributed by atoms with E-state index in [2.05, 4.69) is 9.88 Å². The Labute approximate surface area is 249 Å². The largest absolute Gasteiger partial charge is 0.444 e. The number of ether oxygens (including phenoxy) is 3. The van der Waals surface area contributed by atoms with Crippen LogP contribution in [0.25, 0.3) is 21.3 Å². The number of aromatic nitrogens is 1. The molecule has 0 aliphatic carbocycles. The molecule has 7 nitrogen and oxygen atoms in total. The minimum Gasteiger partial charge on any atom is -0.444 e. The van der Waals surface area contributed by atoms with Gasteiger partial charge < -0.3 is 24.0 Å². The maximum Gasteiger partial charge on any atom is 0.410 e. The first-order valence-electron chi connectivity index (χ1n) is 14.5. The Hall–Kier alpha value is -2.46. The summed E-state index contributed by atoms with van der Waals surface area (Å²) in [6.07, 6.45) is 6.52. The molecule has 2 fully saturated rings. The minimum atomic E-state index is -0.547. The maximum atomic E-state index is 15.8. The third-order valence-corrected chi connectivity index (χ3v) is 9.24. The van der Waals surface area contributed by atoms with Gasteiger partial charge in [0.05, 0.1) is 23.0 Å². The molecule has 0 spiro atoms. The van der Waals surface area contributed by atoms with Gasteiger partial charge in [0, 0.05) is 59.0 Å². The van der Waals surface area contributed by atoms with Gasteiger partial charge in [0.2, 0.25) is 0 Å². The van der Waals surface area contributed by atoms with Crippen LogP contribution in [-0.4, -0.2) is 60.2 Å². The lowest BCUT2D eigenvalue weighted by Crippen LogP contribution is -2.43. The zero-order valence-electron chi connectivity index (χ0n) is 23.9. The number of fused-ring (bicyclic) bond motifs is 2. The van der Waals surface area contributed by atoms with Crippen molar-refractivity contribution in [1.82, 2.24) is 9.88 Å². The highest BCUT2D eigenvalue weighted by molar-refractivity contribution is 7.19. The van der Waals surface area contributed by atoms with E-state index >= 15 is 4.39 Å². The summed E-state index contributed by atoms with van der Waals surface area (Å²) < 4.78 is 33.9. The average Bonchev–Trinajstić information content (AvgIpc) is 3.58. The summed E-state index contributed by atoms with van der Waals surface area (Å²) in [5, 5.41) is 0.585. The van der Waals surface area contributed by atoms with Gasteiger partial charge in [-0.05, 0) is 83.1 Å². The van der Waals surface area contributed by atoms with Gasteiger partial charge >= 0.3 is 6.09 Å². The summed E-state index contributed by atoms with van der Waals surface area (Å²) in [5.41, 5.74) is 3.60. The maximum absolute atomic E-state index is 15.8. The van der Waals surface area contributed by atoms with E-state index in [0.29, 0.717) is 30.3 Å². The number of hydrogen-bond acceptors (Lipinski definition) is 7. The van der Waals surface area contributed by atoms with Crippen molar-refractivity contribution in [3.8, 4) is 11.1 Å². The van der Waals surface area contributed by atoms with Crippen molar-refractivity contribution in [1.29, 1.82) is 0 Å². The number of benzene rings is 1. The topological polar surface area (TPSA) is 64.1 Å². The van der Waals surface area contributed by atoms with Crippen LogP contribution in [0.1, 0.15) is 63.3 Å². The molecule has 1 amide bonds. The molecule has 3 aromatic rings. The quantitative estimate of drug-likeness (QED) is 0.301. The molecule has 2 saturated heterocycles. The number of carbonyl (C=O) groups is 1. The normalized spacial score (nSPS) is 21.4. The number of thiophene rings is 1. The van der Waals surface area contributed by atoms with E-state index in [1.807, 2.05) is 39.0 Å². The Bertz CT molecular complexity index is 1430. The Balaban J connectivity index is 1.33. The fourth-order valence-electron chi connectivity index (χ4n) is 6.13. The number of rotatable bonds is 5. The molecule has 5 heterocycles. The van der Waals surface area contributed by atoms with Crippen LogP contribution in [-0.2, 0) is 27.2 Å². The number of halogens is 2. The minimum absolute atomic E-state index is 0.102. The third kappa shape index (κ3) is 6.19. The first kappa shape index (κ1) is 28.6. The fourth-order valence-corrected chi connectivity index (χ4v) is 7.45. The van der Waals surface area contributed by atoms with Crippen molar-refractivity contribution in [2.45, 2.75) is 83.8 Å². The second kappa shape index (κ2) is 11.7. The van der Waals surface area contributed by atoms with Gasteiger partial charge in [-0.15, -0.1) is 11.3 Å². The van der Waals surface area contributed by atoms with Crippen LogP contribution in [0.5, 0.6) is 0 Å². The first-order valence-corrected chi connectivity index (χ1v) is 15.7. The number of likely N-dealkylation sites (tertiary alicyclic amines) is 1. The molecule has 2 aromatic heterocycles. The Morgan fingerprint density at radius 1 is 1.20 bits per heavy atom. The number of nitrogens with zero attached hydrogens (tertiary/aromatic N) is 3. The SMILES string of the molecule is CC(C)(C)OC(=O)N1CC[C@H](N2CCCc3cc(Cl)cc(-c4c(F)cnc5cc(CO[C@H]6CCCCO6)sc45)c32)C1. The summed E-state index contributed by atoms with van der Waals surface area (Å²) in [7, 11) is 0. The number of carbonyl (C=O) groups excluding carboxylic acids is 1. The van der Waals surface area contributed by atoms with Gasteiger partial charge in [-0.3, -0.25) is 4.98 Å². The van der Waals surface area contributed by atoms with E-state index in [9.17, 15) is 4.79 Å². The van der Waals surface area contributed by atoms with E-state index in [1.165, 1.54) is 17.5 Å².